The van der Waals surface area contributed by atoms with Crippen LogP contribution in [0.15, 0.2) is 71.8 Å². The summed E-state index contributed by atoms with van der Waals surface area (Å²) in [5, 5.41) is 0.536. The third-order valence-corrected chi connectivity index (χ3v) is 7.85. The van der Waals surface area contributed by atoms with Crippen LogP contribution in [-0.4, -0.2) is 30.0 Å². The molecule has 0 aliphatic carbocycles. The lowest BCUT2D eigenvalue weighted by molar-refractivity contribution is -0.118. The van der Waals surface area contributed by atoms with E-state index in [0.29, 0.717) is 10.8 Å². The van der Waals surface area contributed by atoms with Gasteiger partial charge in [-0.1, -0.05) is 41.2 Å². The number of hydrogen-bond donors (Lipinski definition) is 0. The van der Waals surface area contributed by atoms with E-state index in [2.05, 4.69) is 9.97 Å². The number of thiazole rings is 1. The van der Waals surface area contributed by atoms with E-state index in [4.69, 9.17) is 0 Å². The summed E-state index contributed by atoms with van der Waals surface area (Å²) in [5.74, 6) is -0.570. The maximum Gasteiger partial charge on any atom is 0.230 e. The first-order valence-electron chi connectivity index (χ1n) is 10.2. The number of benzene rings is 2. The largest absolute Gasteiger partial charge is 0.282 e. The molecule has 0 N–H and O–H groups in total. The first-order valence-corrected chi connectivity index (χ1v) is 12.7. The van der Waals surface area contributed by atoms with Crippen LogP contribution in [0.5, 0.6) is 0 Å². The number of aromatic nitrogens is 2. The van der Waals surface area contributed by atoms with Crippen LogP contribution in [-0.2, 0) is 21.2 Å². The lowest BCUT2D eigenvalue weighted by Crippen LogP contribution is -2.32. The van der Waals surface area contributed by atoms with Crippen LogP contribution in [0.3, 0.4) is 0 Å². The van der Waals surface area contributed by atoms with Gasteiger partial charge in [0.15, 0.2) is 15.0 Å². The summed E-state index contributed by atoms with van der Waals surface area (Å²) in [7, 11) is -3.57. The van der Waals surface area contributed by atoms with Crippen LogP contribution in [0, 0.1) is 13.8 Å². The molecule has 4 aromatic rings. The smallest absolute Gasteiger partial charge is 0.230 e. The molecular formula is C24H23N3O3S2. The zero-order valence-corrected chi connectivity index (χ0v) is 19.5. The van der Waals surface area contributed by atoms with Crippen LogP contribution >= 0.6 is 11.3 Å². The van der Waals surface area contributed by atoms with Gasteiger partial charge in [-0.15, -0.1) is 0 Å². The number of hydrogen-bond acceptors (Lipinski definition) is 6. The SMILES string of the molecule is Cc1ccc(S(=O)(=O)CCC(=O)N(Cc2ccccn2)c2nc3ccc(C)cc3s2)cc1. The average molecular weight is 466 g/mol. The van der Waals surface area contributed by atoms with Gasteiger partial charge in [-0.05, 0) is 55.8 Å². The van der Waals surface area contributed by atoms with Gasteiger partial charge < -0.3 is 0 Å². The molecule has 0 aliphatic rings. The van der Waals surface area contributed by atoms with E-state index in [1.54, 1.807) is 30.5 Å². The van der Waals surface area contributed by atoms with Gasteiger partial charge in [0.05, 0.1) is 33.1 Å². The molecule has 32 heavy (non-hydrogen) atoms. The van der Waals surface area contributed by atoms with Gasteiger partial charge in [0.25, 0.3) is 0 Å². The highest BCUT2D eigenvalue weighted by Crippen LogP contribution is 2.31. The molecule has 4 rings (SSSR count). The molecule has 1 amide bonds. The lowest BCUT2D eigenvalue weighted by atomic mass is 10.2. The standard InChI is InChI=1S/C24H23N3O3S2/c1-17-6-9-20(10-7-17)32(29,30)14-12-23(28)27(16-19-5-3-4-13-25-19)24-26-21-11-8-18(2)15-22(21)31-24/h3-11,13,15H,12,14,16H2,1-2H3. The normalized spacial score (nSPS) is 11.6. The van der Waals surface area contributed by atoms with E-state index in [0.717, 1.165) is 21.3 Å². The fourth-order valence-electron chi connectivity index (χ4n) is 3.27. The number of nitrogens with zero attached hydrogens (tertiary/aromatic N) is 3. The van der Waals surface area contributed by atoms with Crippen LogP contribution in [0.4, 0.5) is 5.13 Å². The van der Waals surface area contributed by atoms with Crippen molar-refractivity contribution in [3.63, 3.8) is 0 Å². The second-order valence-corrected chi connectivity index (χ2v) is 10.8. The highest BCUT2D eigenvalue weighted by atomic mass is 32.2. The second kappa shape index (κ2) is 9.18. The van der Waals surface area contributed by atoms with Crippen molar-refractivity contribution in [2.24, 2.45) is 0 Å². The summed E-state index contributed by atoms with van der Waals surface area (Å²) in [4.78, 5) is 23.9. The number of fused-ring (bicyclic) bond motifs is 1. The molecule has 2 heterocycles. The summed E-state index contributed by atoms with van der Waals surface area (Å²) < 4.78 is 26.5. The molecular weight excluding hydrogens is 442 g/mol. The second-order valence-electron chi connectivity index (χ2n) is 7.65. The van der Waals surface area contributed by atoms with Crippen molar-refractivity contribution in [3.05, 3.63) is 83.7 Å². The molecule has 164 valence electrons. The molecule has 0 saturated heterocycles. The quantitative estimate of drug-likeness (QED) is 0.395. The highest BCUT2D eigenvalue weighted by molar-refractivity contribution is 7.91. The third-order valence-electron chi connectivity index (χ3n) is 5.08. The van der Waals surface area contributed by atoms with Crippen LogP contribution < -0.4 is 4.90 Å². The van der Waals surface area contributed by atoms with E-state index >= 15 is 0 Å². The summed E-state index contributed by atoms with van der Waals surface area (Å²) in [6, 6.07) is 18.1. The van der Waals surface area contributed by atoms with Crippen molar-refractivity contribution in [2.45, 2.75) is 31.7 Å². The van der Waals surface area contributed by atoms with Crippen molar-refractivity contribution in [1.29, 1.82) is 0 Å². The Morgan fingerprint density at radius 3 is 2.47 bits per heavy atom. The fourth-order valence-corrected chi connectivity index (χ4v) is 5.58. The summed E-state index contributed by atoms with van der Waals surface area (Å²) >= 11 is 1.42. The molecule has 6 nitrogen and oxygen atoms in total. The van der Waals surface area contributed by atoms with Gasteiger partial charge in [-0.2, -0.15) is 0 Å². The molecule has 0 spiro atoms. The molecule has 0 radical (unpaired) electrons. The van der Waals surface area contributed by atoms with Crippen molar-refractivity contribution in [2.75, 3.05) is 10.7 Å². The Kier molecular flexibility index (Phi) is 6.34. The summed E-state index contributed by atoms with van der Waals surface area (Å²) in [6.07, 6.45) is 1.53. The molecule has 0 aliphatic heterocycles. The van der Waals surface area contributed by atoms with Crippen molar-refractivity contribution in [3.8, 4) is 0 Å². The predicted octanol–water partition coefficient (Wildman–Crippen LogP) is 4.71. The third kappa shape index (κ3) is 5.03. The number of pyridine rings is 1. The Hall–Kier alpha value is -3.10. The molecule has 2 aromatic carbocycles. The highest BCUT2D eigenvalue weighted by Gasteiger charge is 2.24. The minimum absolute atomic E-state index is 0.141. The van der Waals surface area contributed by atoms with E-state index in [-0.39, 0.29) is 29.5 Å². The Bertz CT molecular complexity index is 1350. The summed E-state index contributed by atoms with van der Waals surface area (Å²) in [5.41, 5.74) is 3.60. The summed E-state index contributed by atoms with van der Waals surface area (Å²) in [6.45, 7) is 4.13. The monoisotopic (exact) mass is 465 g/mol. The number of aryl methyl sites for hydroxylation is 2. The van der Waals surface area contributed by atoms with Crippen LogP contribution in [0.2, 0.25) is 0 Å². The minimum atomic E-state index is -3.57. The van der Waals surface area contributed by atoms with E-state index in [1.807, 2.05) is 50.2 Å². The average Bonchev–Trinajstić information content (AvgIpc) is 3.19. The molecule has 2 aromatic heterocycles. The maximum absolute atomic E-state index is 13.2. The van der Waals surface area contributed by atoms with Gasteiger partial charge in [0.2, 0.25) is 5.91 Å². The van der Waals surface area contributed by atoms with Crippen LogP contribution in [0.25, 0.3) is 10.2 Å². The predicted molar refractivity (Wildman–Crippen MR) is 128 cm³/mol. The number of rotatable bonds is 7. The number of carbonyl (C=O) groups is 1. The van der Waals surface area contributed by atoms with Crippen LogP contribution in [0.1, 0.15) is 23.2 Å². The van der Waals surface area contributed by atoms with E-state index in [1.165, 1.54) is 16.2 Å². The van der Waals surface area contributed by atoms with Gasteiger partial charge in [0, 0.05) is 12.6 Å². The Balaban J connectivity index is 1.60. The first kappa shape index (κ1) is 22.1. The van der Waals surface area contributed by atoms with E-state index in [9.17, 15) is 13.2 Å². The van der Waals surface area contributed by atoms with Gasteiger partial charge in [0.1, 0.15) is 0 Å². The van der Waals surface area contributed by atoms with Crippen molar-refractivity contribution < 1.29 is 13.2 Å². The lowest BCUT2D eigenvalue weighted by Gasteiger charge is -2.19. The minimum Gasteiger partial charge on any atom is -0.282 e. The molecule has 0 atom stereocenters. The Morgan fingerprint density at radius 1 is 1.00 bits per heavy atom. The maximum atomic E-state index is 13.2. The van der Waals surface area contributed by atoms with Crippen molar-refractivity contribution in [1.82, 2.24) is 9.97 Å². The molecule has 0 unspecified atom stereocenters. The first-order chi connectivity index (χ1) is 15.3. The fraction of sp³-hybridized carbons (Fsp3) is 0.208. The van der Waals surface area contributed by atoms with Gasteiger partial charge >= 0.3 is 0 Å². The molecule has 8 heteroatoms. The van der Waals surface area contributed by atoms with Crippen molar-refractivity contribution >= 4 is 42.4 Å². The number of sulfone groups is 1. The van der Waals surface area contributed by atoms with Gasteiger partial charge in [-0.3, -0.25) is 14.7 Å². The number of anilines is 1. The number of amides is 1. The zero-order valence-electron chi connectivity index (χ0n) is 17.9. The zero-order chi connectivity index (χ0) is 22.7. The van der Waals surface area contributed by atoms with Gasteiger partial charge in [-0.25, -0.2) is 13.4 Å². The Labute approximate surface area is 191 Å². The Morgan fingerprint density at radius 2 is 1.75 bits per heavy atom. The molecule has 0 saturated carbocycles. The topological polar surface area (TPSA) is 80.2 Å². The molecule has 0 fully saturated rings. The number of carbonyl (C=O) groups excluding carboxylic acids is 1. The molecule has 0 bridgehead atoms. The van der Waals surface area contributed by atoms with E-state index < -0.39 is 9.84 Å².